The average molecular weight is 383 g/mol. The summed E-state index contributed by atoms with van der Waals surface area (Å²) in [5, 5.41) is 4.27. The number of nitrogens with one attached hydrogen (secondary N) is 1. The lowest BCUT2D eigenvalue weighted by molar-refractivity contribution is 0.0701. The molecular formula is C20H15ClN2O4. The predicted molar refractivity (Wildman–Crippen MR) is 101 cm³/mol. The number of nitrogens with zero attached hydrogens (tertiary/aromatic N) is 1. The molecule has 136 valence electrons. The van der Waals surface area contributed by atoms with E-state index >= 15 is 0 Å². The molecule has 0 saturated heterocycles. The van der Waals surface area contributed by atoms with Gasteiger partial charge in [-0.15, -0.1) is 0 Å². The zero-order valence-electron chi connectivity index (χ0n) is 14.3. The van der Waals surface area contributed by atoms with Gasteiger partial charge in [0.2, 0.25) is 5.76 Å². The Morgan fingerprint density at radius 3 is 2.59 bits per heavy atom. The van der Waals surface area contributed by atoms with Gasteiger partial charge in [-0.25, -0.2) is 10.2 Å². The second-order valence-electron chi connectivity index (χ2n) is 5.62. The molecule has 1 amide bonds. The first-order valence-corrected chi connectivity index (χ1v) is 8.36. The summed E-state index contributed by atoms with van der Waals surface area (Å²) in [5.74, 6) is -0.494. The van der Waals surface area contributed by atoms with Crippen molar-refractivity contribution in [2.45, 2.75) is 6.92 Å². The Morgan fingerprint density at radius 2 is 1.93 bits per heavy atom. The minimum atomic E-state index is -0.580. The molecule has 1 heterocycles. The molecule has 0 aliphatic rings. The zero-order valence-corrected chi connectivity index (χ0v) is 15.1. The predicted octanol–water partition coefficient (Wildman–Crippen LogP) is 4.22. The van der Waals surface area contributed by atoms with Crippen LogP contribution in [0.5, 0.6) is 5.75 Å². The van der Waals surface area contributed by atoms with E-state index in [0.29, 0.717) is 21.9 Å². The van der Waals surface area contributed by atoms with E-state index in [-0.39, 0.29) is 5.76 Å². The van der Waals surface area contributed by atoms with Crippen LogP contribution in [-0.4, -0.2) is 18.1 Å². The van der Waals surface area contributed by atoms with E-state index in [9.17, 15) is 9.59 Å². The Kier molecular flexibility index (Phi) is 5.68. The first kappa shape index (κ1) is 18.4. The van der Waals surface area contributed by atoms with Crippen LogP contribution in [0.3, 0.4) is 0 Å². The van der Waals surface area contributed by atoms with Crippen molar-refractivity contribution >= 4 is 29.7 Å². The number of aryl methyl sites for hydroxylation is 1. The molecule has 0 aliphatic heterocycles. The fourth-order valence-corrected chi connectivity index (χ4v) is 2.52. The minimum absolute atomic E-state index is 0.123. The molecule has 6 nitrogen and oxygen atoms in total. The molecule has 3 rings (SSSR count). The van der Waals surface area contributed by atoms with Gasteiger partial charge in [-0.05, 0) is 66.6 Å². The molecule has 1 aromatic heterocycles. The SMILES string of the molecule is Cc1ccc(C(=O)NN=Cc2ccc(OC(=O)c3ccco3)cc2)c(Cl)c1. The van der Waals surface area contributed by atoms with E-state index in [0.717, 1.165) is 5.56 Å². The molecule has 1 N–H and O–H groups in total. The van der Waals surface area contributed by atoms with Crippen molar-refractivity contribution in [3.05, 3.63) is 88.3 Å². The van der Waals surface area contributed by atoms with Gasteiger partial charge >= 0.3 is 5.97 Å². The number of ether oxygens (including phenoxy) is 1. The quantitative estimate of drug-likeness (QED) is 0.310. The van der Waals surface area contributed by atoms with Gasteiger partial charge in [0, 0.05) is 0 Å². The molecule has 0 atom stereocenters. The molecule has 0 spiro atoms. The summed E-state index contributed by atoms with van der Waals surface area (Å²) in [5.41, 5.74) is 4.45. The van der Waals surface area contributed by atoms with Crippen molar-refractivity contribution in [3.8, 4) is 5.75 Å². The average Bonchev–Trinajstić information content (AvgIpc) is 3.18. The highest BCUT2D eigenvalue weighted by Crippen LogP contribution is 2.17. The zero-order chi connectivity index (χ0) is 19.2. The summed E-state index contributed by atoms with van der Waals surface area (Å²) in [6, 6.07) is 14.9. The third kappa shape index (κ3) is 4.83. The first-order valence-electron chi connectivity index (χ1n) is 7.98. The number of hydrazone groups is 1. The standard InChI is InChI=1S/C20H15ClN2O4/c1-13-4-9-16(17(21)11-13)19(24)23-22-12-14-5-7-15(8-6-14)27-20(25)18-3-2-10-26-18/h2-12H,1H3,(H,23,24). The van der Waals surface area contributed by atoms with Crippen molar-refractivity contribution in [2.75, 3.05) is 0 Å². The lowest BCUT2D eigenvalue weighted by Crippen LogP contribution is -2.18. The summed E-state index contributed by atoms with van der Waals surface area (Å²) < 4.78 is 10.1. The molecule has 27 heavy (non-hydrogen) atoms. The van der Waals surface area contributed by atoms with Gasteiger partial charge in [0.05, 0.1) is 23.1 Å². The number of furan rings is 1. The Labute approximate surface area is 160 Å². The summed E-state index contributed by atoms with van der Waals surface area (Å²) in [6.07, 6.45) is 2.87. The highest BCUT2D eigenvalue weighted by atomic mass is 35.5. The number of benzene rings is 2. The summed E-state index contributed by atoms with van der Waals surface area (Å²) in [7, 11) is 0. The maximum atomic E-state index is 12.1. The summed E-state index contributed by atoms with van der Waals surface area (Å²) in [4.78, 5) is 23.9. The van der Waals surface area contributed by atoms with Crippen molar-refractivity contribution in [3.63, 3.8) is 0 Å². The number of esters is 1. The fraction of sp³-hybridized carbons (Fsp3) is 0.0500. The Balaban J connectivity index is 1.57. The van der Waals surface area contributed by atoms with Gasteiger partial charge in [0.25, 0.3) is 5.91 Å². The highest BCUT2D eigenvalue weighted by molar-refractivity contribution is 6.33. The molecule has 7 heteroatoms. The Hall–Kier alpha value is -3.38. The number of rotatable bonds is 5. The van der Waals surface area contributed by atoms with Crippen LogP contribution < -0.4 is 10.2 Å². The molecule has 0 saturated carbocycles. The Bertz CT molecular complexity index is 980. The molecule has 0 bridgehead atoms. The van der Waals surface area contributed by atoms with Crippen molar-refractivity contribution in [2.24, 2.45) is 5.10 Å². The molecule has 0 radical (unpaired) electrons. The van der Waals surface area contributed by atoms with E-state index in [4.69, 9.17) is 20.8 Å². The van der Waals surface area contributed by atoms with Crippen molar-refractivity contribution < 1.29 is 18.7 Å². The van der Waals surface area contributed by atoms with Gasteiger partial charge < -0.3 is 9.15 Å². The number of carbonyl (C=O) groups is 2. The number of hydrogen-bond acceptors (Lipinski definition) is 5. The molecule has 0 aliphatic carbocycles. The van der Waals surface area contributed by atoms with Crippen LogP contribution in [0.25, 0.3) is 0 Å². The molecule has 3 aromatic rings. The third-order valence-electron chi connectivity index (χ3n) is 3.56. The minimum Gasteiger partial charge on any atom is -0.457 e. The first-order chi connectivity index (χ1) is 13.0. The van der Waals surface area contributed by atoms with Crippen LogP contribution >= 0.6 is 11.6 Å². The lowest BCUT2D eigenvalue weighted by Gasteiger charge is -2.04. The second kappa shape index (κ2) is 8.33. The van der Waals surface area contributed by atoms with Crippen molar-refractivity contribution in [1.29, 1.82) is 0 Å². The third-order valence-corrected chi connectivity index (χ3v) is 3.87. The van der Waals surface area contributed by atoms with Crippen LogP contribution in [-0.2, 0) is 0 Å². The van der Waals surface area contributed by atoms with Gasteiger partial charge in [-0.1, -0.05) is 17.7 Å². The second-order valence-corrected chi connectivity index (χ2v) is 6.03. The van der Waals surface area contributed by atoms with Gasteiger partial charge in [-0.2, -0.15) is 5.10 Å². The van der Waals surface area contributed by atoms with Crippen LogP contribution in [0.2, 0.25) is 5.02 Å². The van der Waals surface area contributed by atoms with Crippen LogP contribution in [0.15, 0.2) is 70.4 Å². The van der Waals surface area contributed by atoms with Crippen molar-refractivity contribution in [1.82, 2.24) is 5.43 Å². The number of amides is 1. The molecule has 0 unspecified atom stereocenters. The topological polar surface area (TPSA) is 80.9 Å². The smallest absolute Gasteiger partial charge is 0.379 e. The van der Waals surface area contributed by atoms with Gasteiger partial charge in [0.1, 0.15) is 5.75 Å². The maximum absolute atomic E-state index is 12.1. The van der Waals surface area contributed by atoms with Gasteiger partial charge in [0.15, 0.2) is 0 Å². The van der Waals surface area contributed by atoms with Gasteiger partial charge in [-0.3, -0.25) is 4.79 Å². The number of carbonyl (C=O) groups excluding carboxylic acids is 2. The van der Waals surface area contributed by atoms with Crippen LogP contribution in [0.4, 0.5) is 0 Å². The number of halogens is 1. The summed E-state index contributed by atoms with van der Waals surface area (Å²) in [6.45, 7) is 1.89. The Morgan fingerprint density at radius 1 is 1.15 bits per heavy atom. The monoisotopic (exact) mass is 382 g/mol. The molecule has 0 fully saturated rings. The van der Waals surface area contributed by atoms with E-state index in [1.165, 1.54) is 18.5 Å². The van der Waals surface area contributed by atoms with E-state index in [2.05, 4.69) is 10.5 Å². The summed E-state index contributed by atoms with van der Waals surface area (Å²) >= 11 is 6.06. The largest absolute Gasteiger partial charge is 0.457 e. The van der Waals surface area contributed by atoms with Crippen LogP contribution in [0, 0.1) is 6.92 Å². The molecule has 2 aromatic carbocycles. The normalized spacial score (nSPS) is 10.7. The maximum Gasteiger partial charge on any atom is 0.379 e. The highest BCUT2D eigenvalue weighted by Gasteiger charge is 2.11. The molecular weight excluding hydrogens is 368 g/mol. The van der Waals surface area contributed by atoms with Crippen LogP contribution in [0.1, 0.15) is 32.0 Å². The van der Waals surface area contributed by atoms with E-state index < -0.39 is 11.9 Å². The lowest BCUT2D eigenvalue weighted by atomic mass is 10.1. The van der Waals surface area contributed by atoms with E-state index in [1.807, 2.05) is 6.92 Å². The van der Waals surface area contributed by atoms with E-state index in [1.54, 1.807) is 48.5 Å². The number of hydrogen-bond donors (Lipinski definition) is 1. The fourth-order valence-electron chi connectivity index (χ4n) is 2.20.